The maximum Gasteiger partial charge on any atom is 0.0610 e. The van der Waals surface area contributed by atoms with Gasteiger partial charge in [-0.15, -0.1) is 0 Å². The van der Waals surface area contributed by atoms with Crippen LogP contribution in [0.2, 0.25) is 0 Å². The van der Waals surface area contributed by atoms with E-state index in [1.54, 1.807) is 0 Å². The lowest BCUT2D eigenvalue weighted by Gasteiger charge is -2.55. The molecule has 0 amide bonds. The molecule has 3 aliphatic carbocycles. The van der Waals surface area contributed by atoms with E-state index in [1.165, 1.54) is 23.3 Å². The predicted octanol–water partition coefficient (Wildman–Crippen LogP) is 3.12. The first-order valence-electron chi connectivity index (χ1n) is 12.1. The number of fused-ring (bicyclic) bond motifs is 2. The van der Waals surface area contributed by atoms with Crippen molar-refractivity contribution in [3.63, 3.8) is 0 Å². The molecule has 5 heteroatoms. The molecule has 1 aromatic rings. The second kappa shape index (κ2) is 7.46. The van der Waals surface area contributed by atoms with Crippen molar-refractivity contribution in [2.45, 2.75) is 58.5 Å². The quantitative estimate of drug-likeness (QED) is 0.749. The first-order chi connectivity index (χ1) is 14.3. The molecule has 2 heterocycles. The van der Waals surface area contributed by atoms with Crippen molar-refractivity contribution in [2.24, 2.45) is 28.6 Å². The van der Waals surface area contributed by atoms with E-state index in [2.05, 4.69) is 47.5 Å². The molecule has 4 aliphatic rings. The zero-order valence-corrected chi connectivity index (χ0v) is 19.2. The highest BCUT2D eigenvalue weighted by Crippen LogP contribution is 2.60. The number of nitrogens with zero attached hydrogens (tertiary/aromatic N) is 3. The number of aliphatic hydroxyl groups is 1. The second-order valence-electron chi connectivity index (χ2n) is 11.4. The van der Waals surface area contributed by atoms with Gasteiger partial charge in [-0.25, -0.2) is 0 Å². The SMILES string of the molecule is C=C1CC[C@H]2[C@H](O)[C@@H]([C@@]3(C)Cc4cn[nH]c4C[C@@H]3CN3CCN(C)CC3)CC[C@]12C. The van der Waals surface area contributed by atoms with Gasteiger partial charge >= 0.3 is 0 Å². The molecule has 5 nitrogen and oxygen atoms in total. The molecule has 1 aromatic heterocycles. The average molecular weight is 413 g/mol. The van der Waals surface area contributed by atoms with Crippen LogP contribution in [-0.4, -0.2) is 71.0 Å². The van der Waals surface area contributed by atoms with Crippen LogP contribution in [0.1, 0.15) is 50.8 Å². The maximum absolute atomic E-state index is 11.7. The molecule has 2 saturated carbocycles. The van der Waals surface area contributed by atoms with Gasteiger partial charge in [0.05, 0.1) is 12.3 Å². The van der Waals surface area contributed by atoms with Crippen LogP contribution in [0, 0.1) is 28.6 Å². The minimum atomic E-state index is -0.212. The van der Waals surface area contributed by atoms with Crippen LogP contribution in [0.3, 0.4) is 0 Å². The fourth-order valence-corrected chi connectivity index (χ4v) is 7.48. The Hall–Kier alpha value is -1.17. The van der Waals surface area contributed by atoms with Gasteiger partial charge in [0.2, 0.25) is 0 Å². The van der Waals surface area contributed by atoms with Gasteiger partial charge in [-0.2, -0.15) is 5.10 Å². The molecule has 30 heavy (non-hydrogen) atoms. The summed E-state index contributed by atoms with van der Waals surface area (Å²) in [5.74, 6) is 1.31. The van der Waals surface area contributed by atoms with Crippen LogP contribution in [0.4, 0.5) is 0 Å². The van der Waals surface area contributed by atoms with Gasteiger partial charge in [-0.3, -0.25) is 5.10 Å². The Morgan fingerprint density at radius 1 is 1.20 bits per heavy atom. The molecule has 2 N–H and O–H groups in total. The summed E-state index contributed by atoms with van der Waals surface area (Å²) in [6.07, 6.45) is 8.46. The van der Waals surface area contributed by atoms with Gasteiger partial charge in [-0.1, -0.05) is 26.0 Å². The molecular formula is C25H40N4O. The summed E-state index contributed by atoms with van der Waals surface area (Å²) >= 11 is 0. The van der Waals surface area contributed by atoms with E-state index in [0.717, 1.165) is 64.8 Å². The number of nitrogens with one attached hydrogen (secondary N) is 1. The average Bonchev–Trinajstić information content (AvgIpc) is 3.28. The molecular weight excluding hydrogens is 372 g/mol. The summed E-state index contributed by atoms with van der Waals surface area (Å²) in [5.41, 5.74) is 4.35. The lowest BCUT2D eigenvalue weighted by Crippen LogP contribution is -2.56. The minimum absolute atomic E-state index is 0.116. The number of likely N-dealkylation sites (N-methyl/N-ethyl adjacent to an activating group) is 1. The van der Waals surface area contributed by atoms with Gasteiger partial charge in [0, 0.05) is 38.4 Å². The lowest BCUT2D eigenvalue weighted by atomic mass is 9.52. The number of hydrogen-bond donors (Lipinski definition) is 2. The van der Waals surface area contributed by atoms with Gasteiger partial charge in [0.25, 0.3) is 0 Å². The number of aromatic amines is 1. The van der Waals surface area contributed by atoms with Crippen molar-refractivity contribution >= 4 is 0 Å². The molecule has 5 rings (SSSR count). The van der Waals surface area contributed by atoms with Gasteiger partial charge in [-0.05, 0) is 79.7 Å². The van der Waals surface area contributed by atoms with Crippen molar-refractivity contribution in [3.8, 4) is 0 Å². The zero-order valence-electron chi connectivity index (χ0n) is 19.2. The largest absolute Gasteiger partial charge is 0.392 e. The van der Waals surface area contributed by atoms with Crippen LogP contribution >= 0.6 is 0 Å². The first kappa shape index (κ1) is 20.7. The van der Waals surface area contributed by atoms with E-state index >= 15 is 0 Å². The Balaban J connectivity index is 1.42. The normalized spacial score (nSPS) is 42.9. The van der Waals surface area contributed by atoms with Gasteiger partial charge < -0.3 is 14.9 Å². The topological polar surface area (TPSA) is 55.4 Å². The monoisotopic (exact) mass is 412 g/mol. The van der Waals surface area contributed by atoms with Crippen LogP contribution in [-0.2, 0) is 12.8 Å². The molecule has 166 valence electrons. The van der Waals surface area contributed by atoms with E-state index in [1.807, 2.05) is 6.20 Å². The molecule has 1 saturated heterocycles. The van der Waals surface area contributed by atoms with Gasteiger partial charge in [0.1, 0.15) is 0 Å². The standard InChI is InChI=1S/C25H40N4O/c1-17-5-6-20-23(30)21(7-8-24(17,20)2)25(3)14-18-15-26-27-22(18)13-19(25)16-29-11-9-28(4)10-12-29/h15,19-21,23,30H,1,5-14,16H2,2-4H3,(H,26,27)/t19-,20+,21+,23+,24-,25+/m1/s1. The molecule has 6 atom stereocenters. The molecule has 0 aromatic carbocycles. The first-order valence-corrected chi connectivity index (χ1v) is 12.1. The molecule has 0 unspecified atom stereocenters. The molecule has 0 bridgehead atoms. The molecule has 0 spiro atoms. The fourth-order valence-electron chi connectivity index (χ4n) is 7.48. The van der Waals surface area contributed by atoms with E-state index in [4.69, 9.17) is 0 Å². The van der Waals surface area contributed by atoms with Crippen molar-refractivity contribution in [3.05, 3.63) is 29.6 Å². The van der Waals surface area contributed by atoms with Gasteiger partial charge in [0.15, 0.2) is 0 Å². The van der Waals surface area contributed by atoms with Crippen molar-refractivity contribution in [1.29, 1.82) is 0 Å². The van der Waals surface area contributed by atoms with E-state index in [9.17, 15) is 5.11 Å². The number of H-pyrrole nitrogens is 1. The number of aromatic nitrogens is 2. The summed E-state index contributed by atoms with van der Waals surface area (Å²) in [6.45, 7) is 15.0. The predicted molar refractivity (Wildman–Crippen MR) is 120 cm³/mol. The second-order valence-corrected chi connectivity index (χ2v) is 11.4. The Bertz CT molecular complexity index is 797. The molecule has 3 fully saturated rings. The Kier molecular flexibility index (Phi) is 5.15. The highest BCUT2D eigenvalue weighted by atomic mass is 16.3. The number of aliphatic hydroxyl groups excluding tert-OH is 1. The number of hydrogen-bond acceptors (Lipinski definition) is 4. The van der Waals surface area contributed by atoms with Crippen LogP contribution < -0.4 is 0 Å². The lowest BCUT2D eigenvalue weighted by molar-refractivity contribution is -0.102. The summed E-state index contributed by atoms with van der Waals surface area (Å²) < 4.78 is 0. The highest BCUT2D eigenvalue weighted by molar-refractivity contribution is 5.26. The number of allylic oxidation sites excluding steroid dienone is 1. The maximum atomic E-state index is 11.7. The van der Waals surface area contributed by atoms with E-state index < -0.39 is 0 Å². The van der Waals surface area contributed by atoms with E-state index in [-0.39, 0.29) is 16.9 Å². The van der Waals surface area contributed by atoms with Crippen molar-refractivity contribution < 1.29 is 5.11 Å². The van der Waals surface area contributed by atoms with Crippen molar-refractivity contribution in [1.82, 2.24) is 20.0 Å². The summed E-state index contributed by atoms with van der Waals surface area (Å²) in [6, 6.07) is 0. The molecule has 0 radical (unpaired) electrons. The third-order valence-corrected chi connectivity index (χ3v) is 9.87. The Morgan fingerprint density at radius 2 is 1.97 bits per heavy atom. The minimum Gasteiger partial charge on any atom is -0.392 e. The summed E-state index contributed by atoms with van der Waals surface area (Å²) in [7, 11) is 2.23. The van der Waals surface area contributed by atoms with Crippen LogP contribution in [0.5, 0.6) is 0 Å². The van der Waals surface area contributed by atoms with Crippen LogP contribution in [0.15, 0.2) is 18.3 Å². The Labute approximate surface area is 181 Å². The molecule has 1 aliphatic heterocycles. The number of piperazine rings is 1. The van der Waals surface area contributed by atoms with E-state index in [0.29, 0.717) is 17.8 Å². The third-order valence-electron chi connectivity index (χ3n) is 9.87. The van der Waals surface area contributed by atoms with Crippen molar-refractivity contribution in [2.75, 3.05) is 39.8 Å². The summed E-state index contributed by atoms with van der Waals surface area (Å²) in [4.78, 5) is 5.10. The highest BCUT2D eigenvalue weighted by Gasteiger charge is 2.56. The number of rotatable bonds is 3. The third kappa shape index (κ3) is 3.20. The smallest absolute Gasteiger partial charge is 0.0610 e. The summed E-state index contributed by atoms with van der Waals surface area (Å²) in [5, 5.41) is 19.4. The Morgan fingerprint density at radius 3 is 2.73 bits per heavy atom. The van der Waals surface area contributed by atoms with Crippen LogP contribution in [0.25, 0.3) is 0 Å². The fraction of sp³-hybridized carbons (Fsp3) is 0.800. The zero-order chi connectivity index (χ0) is 21.1.